The van der Waals surface area contributed by atoms with E-state index in [0.29, 0.717) is 31.9 Å². The first-order valence-electron chi connectivity index (χ1n) is 8.80. The first-order chi connectivity index (χ1) is 12.6. The molecule has 1 fully saturated rings. The SMILES string of the molecule is CCC1CNCCN1C(=O)OCc1c(F)cc(OCCCOC)cc1Cl. The number of nitrogens with one attached hydrogen (secondary N) is 1. The van der Waals surface area contributed by atoms with Crippen LogP contribution in [0.1, 0.15) is 25.3 Å². The number of hydrogen-bond donors (Lipinski definition) is 1. The van der Waals surface area contributed by atoms with Gasteiger partial charge in [0.1, 0.15) is 18.2 Å². The van der Waals surface area contributed by atoms with Gasteiger partial charge in [-0.2, -0.15) is 0 Å². The minimum atomic E-state index is -0.556. The number of nitrogens with zero attached hydrogens (tertiary/aromatic N) is 1. The molecule has 1 saturated heterocycles. The molecule has 1 atom stereocenters. The topological polar surface area (TPSA) is 60.0 Å². The Morgan fingerprint density at radius 1 is 1.42 bits per heavy atom. The lowest BCUT2D eigenvalue weighted by molar-refractivity contribution is 0.0707. The third-order valence-corrected chi connectivity index (χ3v) is 4.61. The minimum absolute atomic E-state index is 0.0828. The Morgan fingerprint density at radius 3 is 2.92 bits per heavy atom. The predicted molar refractivity (Wildman–Crippen MR) is 97.2 cm³/mol. The Bertz CT molecular complexity index is 580. The molecule has 0 radical (unpaired) electrons. The van der Waals surface area contributed by atoms with Gasteiger partial charge in [-0.1, -0.05) is 18.5 Å². The standard InChI is InChI=1S/C18H26ClFN2O4/c1-3-13-11-21-5-6-22(13)18(23)26-12-15-16(19)9-14(10-17(15)20)25-8-4-7-24-2/h9-10,13,21H,3-8,11-12H2,1-2H3. The van der Waals surface area contributed by atoms with Crippen molar-refractivity contribution >= 4 is 17.7 Å². The van der Waals surface area contributed by atoms with Crippen LogP contribution in [0.2, 0.25) is 5.02 Å². The van der Waals surface area contributed by atoms with Gasteiger partial charge in [-0.05, 0) is 12.5 Å². The molecular weight excluding hydrogens is 363 g/mol. The lowest BCUT2D eigenvalue weighted by Crippen LogP contribution is -2.53. The maximum atomic E-state index is 14.3. The third-order valence-electron chi connectivity index (χ3n) is 4.27. The van der Waals surface area contributed by atoms with E-state index in [0.717, 1.165) is 19.5 Å². The summed E-state index contributed by atoms with van der Waals surface area (Å²) in [4.78, 5) is 14.0. The highest BCUT2D eigenvalue weighted by Gasteiger charge is 2.26. The van der Waals surface area contributed by atoms with E-state index in [9.17, 15) is 9.18 Å². The molecule has 1 heterocycles. The summed E-state index contributed by atoms with van der Waals surface area (Å²) in [7, 11) is 1.61. The average molecular weight is 389 g/mol. The second-order valence-corrected chi connectivity index (χ2v) is 6.48. The van der Waals surface area contributed by atoms with Gasteiger partial charge in [0.15, 0.2) is 0 Å². The first kappa shape index (κ1) is 20.7. The Hall–Kier alpha value is -1.57. The zero-order chi connectivity index (χ0) is 18.9. The number of amides is 1. The maximum Gasteiger partial charge on any atom is 0.410 e. The van der Waals surface area contributed by atoms with Crippen LogP contribution in [0, 0.1) is 5.82 Å². The molecule has 0 bridgehead atoms. The van der Waals surface area contributed by atoms with E-state index in [1.165, 1.54) is 12.1 Å². The molecule has 2 rings (SSSR count). The fourth-order valence-corrected chi connectivity index (χ4v) is 3.03. The van der Waals surface area contributed by atoms with E-state index in [-0.39, 0.29) is 23.2 Å². The summed E-state index contributed by atoms with van der Waals surface area (Å²) in [6.07, 6.45) is 1.07. The molecule has 0 saturated carbocycles. The number of carbonyl (C=O) groups excluding carboxylic acids is 1. The summed E-state index contributed by atoms with van der Waals surface area (Å²) in [5.41, 5.74) is 0.146. The molecular formula is C18H26ClFN2O4. The van der Waals surface area contributed by atoms with Gasteiger partial charge < -0.3 is 24.4 Å². The quantitative estimate of drug-likeness (QED) is 0.693. The van der Waals surface area contributed by atoms with Gasteiger partial charge in [-0.3, -0.25) is 0 Å². The highest BCUT2D eigenvalue weighted by Crippen LogP contribution is 2.27. The summed E-state index contributed by atoms with van der Waals surface area (Å²) in [5, 5.41) is 3.41. The molecule has 1 unspecified atom stereocenters. The molecule has 8 heteroatoms. The van der Waals surface area contributed by atoms with Crippen molar-refractivity contribution in [2.45, 2.75) is 32.4 Å². The second kappa shape index (κ2) is 10.5. The summed E-state index contributed by atoms with van der Waals surface area (Å²) in [5.74, 6) is -0.216. The van der Waals surface area contributed by atoms with Crippen LogP contribution in [0.25, 0.3) is 0 Å². The number of benzene rings is 1. The molecule has 1 amide bonds. The van der Waals surface area contributed by atoms with Gasteiger partial charge in [0.2, 0.25) is 0 Å². The van der Waals surface area contributed by atoms with E-state index >= 15 is 0 Å². The molecule has 1 aromatic carbocycles. The predicted octanol–water partition coefficient (Wildman–Crippen LogP) is 3.21. The summed E-state index contributed by atoms with van der Waals surface area (Å²) >= 11 is 6.14. The number of halogens is 2. The molecule has 1 N–H and O–H groups in total. The molecule has 0 spiro atoms. The van der Waals surface area contributed by atoms with Gasteiger partial charge in [0.25, 0.3) is 0 Å². The second-order valence-electron chi connectivity index (χ2n) is 6.07. The van der Waals surface area contributed by atoms with Crippen molar-refractivity contribution < 1.29 is 23.4 Å². The number of methoxy groups -OCH3 is 1. The molecule has 1 aromatic rings. The van der Waals surface area contributed by atoms with Gasteiger partial charge in [-0.15, -0.1) is 0 Å². The summed E-state index contributed by atoms with van der Waals surface area (Å²) in [6.45, 7) is 4.79. The smallest absolute Gasteiger partial charge is 0.410 e. The lowest BCUT2D eigenvalue weighted by atomic mass is 10.1. The molecule has 1 aliphatic heterocycles. The van der Waals surface area contributed by atoms with E-state index in [1.807, 2.05) is 6.92 Å². The Morgan fingerprint density at radius 2 is 2.23 bits per heavy atom. The van der Waals surface area contributed by atoms with E-state index in [4.69, 9.17) is 25.8 Å². The Balaban J connectivity index is 1.93. The van der Waals surface area contributed by atoms with Gasteiger partial charge in [0.05, 0.1) is 11.6 Å². The summed E-state index contributed by atoms with van der Waals surface area (Å²) in [6, 6.07) is 2.86. The fourth-order valence-electron chi connectivity index (χ4n) is 2.78. The minimum Gasteiger partial charge on any atom is -0.493 e. The molecule has 1 aliphatic rings. The third kappa shape index (κ3) is 5.72. The monoisotopic (exact) mass is 388 g/mol. The van der Waals surface area contributed by atoms with Crippen molar-refractivity contribution in [3.05, 3.63) is 28.5 Å². The van der Waals surface area contributed by atoms with Crippen molar-refractivity contribution in [2.75, 3.05) is 40.0 Å². The number of carbonyl (C=O) groups is 1. The Kier molecular flexibility index (Phi) is 8.41. The van der Waals surface area contributed by atoms with Gasteiger partial charge >= 0.3 is 6.09 Å². The van der Waals surface area contributed by atoms with Crippen molar-refractivity contribution in [2.24, 2.45) is 0 Å². The molecule has 0 aliphatic carbocycles. The van der Waals surface area contributed by atoms with Crippen molar-refractivity contribution in [3.63, 3.8) is 0 Å². The highest BCUT2D eigenvalue weighted by atomic mass is 35.5. The van der Waals surface area contributed by atoms with Crippen molar-refractivity contribution in [1.29, 1.82) is 0 Å². The van der Waals surface area contributed by atoms with Crippen LogP contribution in [0.5, 0.6) is 5.75 Å². The van der Waals surface area contributed by atoms with Crippen LogP contribution in [-0.4, -0.2) is 57.0 Å². The van der Waals surface area contributed by atoms with E-state index in [2.05, 4.69) is 5.32 Å². The first-order valence-corrected chi connectivity index (χ1v) is 9.18. The van der Waals surface area contributed by atoms with Crippen LogP contribution in [0.15, 0.2) is 12.1 Å². The zero-order valence-electron chi connectivity index (χ0n) is 15.2. The lowest BCUT2D eigenvalue weighted by Gasteiger charge is -2.34. The number of piperazine rings is 1. The van der Waals surface area contributed by atoms with Crippen molar-refractivity contribution in [1.82, 2.24) is 10.2 Å². The van der Waals surface area contributed by atoms with Gasteiger partial charge in [-0.25, -0.2) is 9.18 Å². The van der Waals surface area contributed by atoms with Crippen LogP contribution in [0.4, 0.5) is 9.18 Å². The molecule has 146 valence electrons. The van der Waals surface area contributed by atoms with Crippen LogP contribution in [0.3, 0.4) is 0 Å². The maximum absolute atomic E-state index is 14.3. The molecule has 0 aromatic heterocycles. The number of ether oxygens (including phenoxy) is 3. The zero-order valence-corrected chi connectivity index (χ0v) is 16.0. The number of hydrogen-bond acceptors (Lipinski definition) is 5. The van der Waals surface area contributed by atoms with Crippen LogP contribution < -0.4 is 10.1 Å². The Labute approximate surface area is 158 Å². The van der Waals surface area contributed by atoms with E-state index < -0.39 is 11.9 Å². The normalized spacial score (nSPS) is 17.2. The van der Waals surface area contributed by atoms with E-state index in [1.54, 1.807) is 12.0 Å². The highest BCUT2D eigenvalue weighted by molar-refractivity contribution is 6.31. The molecule has 6 nitrogen and oxygen atoms in total. The van der Waals surface area contributed by atoms with Gasteiger partial charge in [0, 0.05) is 57.4 Å². The summed E-state index contributed by atoms with van der Waals surface area (Å²) < 4.78 is 30.0. The van der Waals surface area contributed by atoms with Crippen LogP contribution >= 0.6 is 11.6 Å². The van der Waals surface area contributed by atoms with Crippen LogP contribution in [-0.2, 0) is 16.1 Å². The largest absolute Gasteiger partial charge is 0.493 e. The molecule has 26 heavy (non-hydrogen) atoms. The van der Waals surface area contributed by atoms with Crippen molar-refractivity contribution in [3.8, 4) is 5.75 Å². The fraction of sp³-hybridized carbons (Fsp3) is 0.611. The average Bonchev–Trinajstić information content (AvgIpc) is 2.64. The number of rotatable bonds is 8.